The summed E-state index contributed by atoms with van der Waals surface area (Å²) in [4.78, 5) is 19.1. The Labute approximate surface area is 160 Å². The molecule has 2 aromatic rings. The highest BCUT2D eigenvalue weighted by Gasteiger charge is 2.30. The number of hydrogen-bond donors (Lipinski definition) is 0. The molecular formula is C18H14Cl2N2O2S. The van der Waals surface area contributed by atoms with Crippen LogP contribution in [-0.2, 0) is 4.79 Å². The minimum Gasteiger partial charge on any atom is -0.496 e. The number of likely N-dealkylation sites (N-methyl/N-ethyl adjacent to an activating group) is 1. The standard InChI is InChI=1S/C18H14Cl2N2O2S/c1-22-17(23)16(10-11-9-12(19)7-8-15(11)24-2)25-18(22)21-14-6-4-3-5-13(14)20/h3-10H,1-2H3/b16-10+,21-18?. The fourth-order valence-electron chi connectivity index (χ4n) is 2.26. The van der Waals surface area contributed by atoms with Crippen molar-refractivity contribution in [3.8, 4) is 5.75 Å². The average molecular weight is 393 g/mol. The van der Waals surface area contributed by atoms with Crippen LogP contribution in [0.2, 0.25) is 10.0 Å². The van der Waals surface area contributed by atoms with E-state index in [-0.39, 0.29) is 5.91 Å². The summed E-state index contributed by atoms with van der Waals surface area (Å²) in [5.74, 6) is 0.502. The molecule has 4 nitrogen and oxygen atoms in total. The van der Waals surface area contributed by atoms with Gasteiger partial charge in [0.2, 0.25) is 0 Å². The van der Waals surface area contributed by atoms with Gasteiger partial charge in [0.15, 0.2) is 5.17 Å². The summed E-state index contributed by atoms with van der Waals surface area (Å²) in [6.45, 7) is 0. The first-order valence-corrected chi connectivity index (χ1v) is 8.91. The number of thioether (sulfide) groups is 1. The van der Waals surface area contributed by atoms with E-state index >= 15 is 0 Å². The van der Waals surface area contributed by atoms with Crippen molar-refractivity contribution in [2.75, 3.05) is 14.2 Å². The lowest BCUT2D eigenvalue weighted by molar-refractivity contribution is -0.121. The zero-order valence-corrected chi connectivity index (χ0v) is 15.8. The number of amidine groups is 1. The lowest BCUT2D eigenvalue weighted by Crippen LogP contribution is -2.23. The van der Waals surface area contributed by atoms with Crippen LogP contribution in [0.4, 0.5) is 5.69 Å². The summed E-state index contributed by atoms with van der Waals surface area (Å²) in [6, 6.07) is 12.5. The number of aliphatic imine (C=N–C) groups is 1. The van der Waals surface area contributed by atoms with Crippen LogP contribution < -0.4 is 4.74 Å². The smallest absolute Gasteiger partial charge is 0.266 e. The molecule has 2 aromatic carbocycles. The van der Waals surface area contributed by atoms with Crippen LogP contribution in [-0.4, -0.2) is 30.1 Å². The molecule has 3 rings (SSSR count). The van der Waals surface area contributed by atoms with Gasteiger partial charge in [-0.15, -0.1) is 0 Å². The first-order chi connectivity index (χ1) is 12.0. The second-order valence-electron chi connectivity index (χ2n) is 5.21. The van der Waals surface area contributed by atoms with Crippen LogP contribution >= 0.6 is 35.0 Å². The van der Waals surface area contributed by atoms with Gasteiger partial charge in [-0.05, 0) is 48.2 Å². The Kier molecular flexibility index (Phi) is 5.37. The predicted molar refractivity (Wildman–Crippen MR) is 105 cm³/mol. The second kappa shape index (κ2) is 7.52. The normalized spacial score (nSPS) is 17.6. The summed E-state index contributed by atoms with van der Waals surface area (Å²) < 4.78 is 5.33. The highest BCUT2D eigenvalue weighted by molar-refractivity contribution is 8.18. The largest absolute Gasteiger partial charge is 0.496 e. The van der Waals surface area contributed by atoms with Gasteiger partial charge < -0.3 is 4.74 Å². The Balaban J connectivity index is 1.97. The van der Waals surface area contributed by atoms with E-state index in [1.165, 1.54) is 16.7 Å². The van der Waals surface area contributed by atoms with E-state index in [1.54, 1.807) is 50.6 Å². The first-order valence-electron chi connectivity index (χ1n) is 7.34. The molecule has 0 bridgehead atoms. The SMILES string of the molecule is COc1ccc(Cl)cc1/C=C1/SC(=Nc2ccccc2Cl)N(C)C1=O. The average Bonchev–Trinajstić information content (AvgIpc) is 2.85. The van der Waals surface area contributed by atoms with Gasteiger partial charge in [-0.3, -0.25) is 9.69 Å². The molecule has 1 heterocycles. The van der Waals surface area contributed by atoms with Gasteiger partial charge in [0.05, 0.1) is 22.7 Å². The Morgan fingerprint density at radius 1 is 1.20 bits per heavy atom. The van der Waals surface area contributed by atoms with E-state index in [2.05, 4.69) is 4.99 Å². The maximum absolute atomic E-state index is 12.5. The molecule has 25 heavy (non-hydrogen) atoms. The lowest BCUT2D eigenvalue weighted by Gasteiger charge is -2.07. The number of halogens is 2. The molecule has 1 amide bonds. The summed E-state index contributed by atoms with van der Waals surface area (Å²) >= 11 is 13.5. The van der Waals surface area contributed by atoms with Gasteiger partial charge in [0, 0.05) is 17.6 Å². The van der Waals surface area contributed by atoms with Crippen LogP contribution in [0.5, 0.6) is 5.75 Å². The van der Waals surface area contributed by atoms with E-state index < -0.39 is 0 Å². The number of carbonyl (C=O) groups is 1. The minimum absolute atomic E-state index is 0.141. The molecule has 7 heteroatoms. The van der Waals surface area contributed by atoms with Crippen molar-refractivity contribution in [1.29, 1.82) is 0 Å². The lowest BCUT2D eigenvalue weighted by atomic mass is 10.2. The maximum atomic E-state index is 12.5. The van der Waals surface area contributed by atoms with E-state index in [1.807, 2.05) is 12.1 Å². The number of para-hydroxylation sites is 1. The molecule has 1 aliphatic heterocycles. The van der Waals surface area contributed by atoms with Crippen molar-refractivity contribution in [1.82, 2.24) is 4.90 Å². The van der Waals surface area contributed by atoms with Crippen molar-refractivity contribution in [3.05, 3.63) is 63.0 Å². The number of benzene rings is 2. The van der Waals surface area contributed by atoms with Gasteiger partial charge in [0.25, 0.3) is 5.91 Å². The van der Waals surface area contributed by atoms with E-state index in [4.69, 9.17) is 27.9 Å². The molecule has 128 valence electrons. The number of carbonyl (C=O) groups excluding carboxylic acids is 1. The molecule has 1 aliphatic rings. The fraction of sp³-hybridized carbons (Fsp3) is 0.111. The van der Waals surface area contributed by atoms with Gasteiger partial charge >= 0.3 is 0 Å². The summed E-state index contributed by atoms with van der Waals surface area (Å²) in [6.07, 6.45) is 1.75. The monoisotopic (exact) mass is 392 g/mol. The van der Waals surface area contributed by atoms with Crippen molar-refractivity contribution in [3.63, 3.8) is 0 Å². The second-order valence-corrected chi connectivity index (χ2v) is 7.06. The number of rotatable bonds is 3. The molecule has 0 saturated carbocycles. The highest BCUT2D eigenvalue weighted by atomic mass is 35.5. The number of nitrogens with zero attached hydrogens (tertiary/aromatic N) is 2. The quantitative estimate of drug-likeness (QED) is 0.670. The molecule has 0 atom stereocenters. The number of hydrogen-bond acceptors (Lipinski definition) is 4. The third kappa shape index (κ3) is 3.84. The van der Waals surface area contributed by atoms with Crippen molar-refractivity contribution in [2.45, 2.75) is 0 Å². The molecule has 1 fully saturated rings. The van der Waals surface area contributed by atoms with Crippen LogP contribution in [0.15, 0.2) is 52.4 Å². The van der Waals surface area contributed by atoms with Gasteiger partial charge in [-0.2, -0.15) is 0 Å². The zero-order chi connectivity index (χ0) is 18.0. The maximum Gasteiger partial charge on any atom is 0.266 e. The Morgan fingerprint density at radius 3 is 2.68 bits per heavy atom. The molecule has 0 radical (unpaired) electrons. The van der Waals surface area contributed by atoms with Gasteiger partial charge in [0.1, 0.15) is 5.75 Å². The van der Waals surface area contributed by atoms with Crippen molar-refractivity contribution >= 4 is 57.8 Å². The summed E-state index contributed by atoms with van der Waals surface area (Å²) in [5.41, 5.74) is 1.35. The van der Waals surface area contributed by atoms with Gasteiger partial charge in [-0.25, -0.2) is 4.99 Å². The number of amides is 1. The van der Waals surface area contributed by atoms with Crippen LogP contribution in [0.3, 0.4) is 0 Å². The fourth-order valence-corrected chi connectivity index (χ4v) is 3.59. The number of ether oxygens (including phenoxy) is 1. The molecule has 0 spiro atoms. The van der Waals surface area contributed by atoms with Crippen LogP contribution in [0.25, 0.3) is 6.08 Å². The van der Waals surface area contributed by atoms with Crippen molar-refractivity contribution in [2.24, 2.45) is 4.99 Å². The van der Waals surface area contributed by atoms with E-state index in [0.29, 0.717) is 31.6 Å². The summed E-state index contributed by atoms with van der Waals surface area (Å²) in [5, 5.41) is 1.66. The number of methoxy groups -OCH3 is 1. The summed E-state index contributed by atoms with van der Waals surface area (Å²) in [7, 11) is 3.26. The van der Waals surface area contributed by atoms with E-state index in [0.717, 1.165) is 5.56 Å². The molecule has 0 N–H and O–H groups in total. The third-order valence-corrected chi connectivity index (χ3v) is 5.17. The molecule has 0 unspecified atom stereocenters. The topological polar surface area (TPSA) is 41.9 Å². The first kappa shape index (κ1) is 17.9. The van der Waals surface area contributed by atoms with Crippen molar-refractivity contribution < 1.29 is 9.53 Å². The van der Waals surface area contributed by atoms with Gasteiger partial charge in [-0.1, -0.05) is 35.3 Å². The predicted octanol–water partition coefficient (Wildman–Crippen LogP) is 5.24. The Morgan fingerprint density at radius 2 is 1.96 bits per heavy atom. The van der Waals surface area contributed by atoms with E-state index in [9.17, 15) is 4.79 Å². The Bertz CT molecular complexity index is 896. The molecule has 0 aliphatic carbocycles. The van der Waals surface area contributed by atoms with Crippen LogP contribution in [0, 0.1) is 0 Å². The molecule has 1 saturated heterocycles. The minimum atomic E-state index is -0.141. The Hall–Kier alpha value is -1.95. The molecule has 0 aromatic heterocycles. The highest BCUT2D eigenvalue weighted by Crippen LogP contribution is 2.36. The van der Waals surface area contributed by atoms with Crippen LogP contribution in [0.1, 0.15) is 5.56 Å². The zero-order valence-electron chi connectivity index (χ0n) is 13.5. The third-order valence-electron chi connectivity index (χ3n) is 3.55. The molecular weight excluding hydrogens is 379 g/mol.